The van der Waals surface area contributed by atoms with Crippen molar-refractivity contribution in [3.05, 3.63) is 35.4 Å². The van der Waals surface area contributed by atoms with Gasteiger partial charge in [-0.05, 0) is 39.8 Å². The molecule has 0 aromatic heterocycles. The summed E-state index contributed by atoms with van der Waals surface area (Å²) < 4.78 is 0. The molecular weight excluding hydrogens is 188 g/mol. The lowest BCUT2D eigenvalue weighted by Crippen LogP contribution is -2.50. The maximum atomic E-state index is 11.9. The lowest BCUT2D eigenvalue weighted by molar-refractivity contribution is 0.0582. The number of amides is 1. The Hall–Kier alpha value is -1.35. The van der Waals surface area contributed by atoms with Gasteiger partial charge in [0.05, 0.1) is 5.54 Å². The predicted molar refractivity (Wildman–Crippen MR) is 61.3 cm³/mol. The SMILES string of the molecule is Cc1cccc(C(=O)N(N)C(C)(C)C)c1. The molecule has 0 bridgehead atoms. The third-order valence-corrected chi connectivity index (χ3v) is 2.21. The van der Waals surface area contributed by atoms with Gasteiger partial charge in [-0.3, -0.25) is 9.80 Å². The number of rotatable bonds is 1. The van der Waals surface area contributed by atoms with Gasteiger partial charge >= 0.3 is 0 Å². The van der Waals surface area contributed by atoms with E-state index in [1.165, 1.54) is 5.01 Å². The molecule has 3 nitrogen and oxygen atoms in total. The van der Waals surface area contributed by atoms with Gasteiger partial charge in [-0.1, -0.05) is 17.7 Å². The Balaban J connectivity index is 2.95. The van der Waals surface area contributed by atoms with Gasteiger partial charge in [0.15, 0.2) is 0 Å². The van der Waals surface area contributed by atoms with E-state index in [1.807, 2.05) is 45.9 Å². The smallest absolute Gasteiger partial charge is 0.268 e. The molecule has 0 saturated carbocycles. The minimum Gasteiger partial charge on any atom is -0.271 e. The second-order valence-corrected chi connectivity index (χ2v) is 4.72. The third-order valence-electron chi connectivity index (χ3n) is 2.21. The summed E-state index contributed by atoms with van der Waals surface area (Å²) in [6.45, 7) is 7.66. The quantitative estimate of drug-likeness (QED) is 0.434. The first-order valence-electron chi connectivity index (χ1n) is 4.98. The van der Waals surface area contributed by atoms with Crippen molar-refractivity contribution in [2.75, 3.05) is 0 Å². The van der Waals surface area contributed by atoms with E-state index in [-0.39, 0.29) is 11.4 Å². The van der Waals surface area contributed by atoms with Crippen LogP contribution in [0.5, 0.6) is 0 Å². The first-order valence-corrected chi connectivity index (χ1v) is 4.98. The molecule has 0 unspecified atom stereocenters. The number of hydrogen-bond donors (Lipinski definition) is 1. The lowest BCUT2D eigenvalue weighted by Gasteiger charge is -2.31. The van der Waals surface area contributed by atoms with Crippen molar-refractivity contribution in [1.29, 1.82) is 0 Å². The van der Waals surface area contributed by atoms with Gasteiger partial charge in [-0.15, -0.1) is 0 Å². The number of hydrazine groups is 1. The van der Waals surface area contributed by atoms with Crippen LogP contribution >= 0.6 is 0 Å². The van der Waals surface area contributed by atoms with Crippen LogP contribution in [-0.2, 0) is 0 Å². The number of aryl methyl sites for hydroxylation is 1. The van der Waals surface area contributed by atoms with E-state index in [0.29, 0.717) is 5.56 Å². The maximum Gasteiger partial charge on any atom is 0.268 e. The minimum atomic E-state index is -0.360. The predicted octanol–water partition coefficient (Wildman–Crippen LogP) is 2.11. The molecule has 0 radical (unpaired) electrons. The number of carbonyl (C=O) groups is 1. The third kappa shape index (κ3) is 2.80. The van der Waals surface area contributed by atoms with E-state index in [2.05, 4.69) is 0 Å². The Morgan fingerprint density at radius 1 is 1.33 bits per heavy atom. The van der Waals surface area contributed by atoms with Crippen molar-refractivity contribution in [2.24, 2.45) is 5.84 Å². The molecular formula is C12H18N2O. The molecule has 0 aliphatic carbocycles. The monoisotopic (exact) mass is 206 g/mol. The van der Waals surface area contributed by atoms with E-state index in [0.717, 1.165) is 5.56 Å². The van der Waals surface area contributed by atoms with Crippen LogP contribution < -0.4 is 5.84 Å². The molecule has 3 heteroatoms. The van der Waals surface area contributed by atoms with Crippen molar-refractivity contribution in [3.63, 3.8) is 0 Å². The highest BCUT2D eigenvalue weighted by atomic mass is 16.2. The van der Waals surface area contributed by atoms with Gasteiger partial charge in [0.25, 0.3) is 5.91 Å². The zero-order valence-electron chi connectivity index (χ0n) is 9.74. The number of nitrogens with zero attached hydrogens (tertiary/aromatic N) is 1. The standard InChI is InChI=1S/C12H18N2O/c1-9-6-5-7-10(8-9)11(15)14(13)12(2,3)4/h5-8H,13H2,1-4H3. The van der Waals surface area contributed by atoms with Crippen molar-refractivity contribution in [2.45, 2.75) is 33.2 Å². The molecule has 1 aromatic rings. The molecule has 1 rings (SSSR count). The Kier molecular flexibility index (Phi) is 3.15. The summed E-state index contributed by atoms with van der Waals surface area (Å²) >= 11 is 0. The second kappa shape index (κ2) is 4.03. The van der Waals surface area contributed by atoms with Gasteiger partial charge in [0, 0.05) is 5.56 Å². The van der Waals surface area contributed by atoms with Crippen LogP contribution in [0.15, 0.2) is 24.3 Å². The Morgan fingerprint density at radius 2 is 1.93 bits per heavy atom. The number of benzene rings is 1. The topological polar surface area (TPSA) is 46.3 Å². The largest absolute Gasteiger partial charge is 0.271 e. The van der Waals surface area contributed by atoms with Gasteiger partial charge in [-0.2, -0.15) is 0 Å². The summed E-state index contributed by atoms with van der Waals surface area (Å²) in [6.07, 6.45) is 0. The highest BCUT2D eigenvalue weighted by molar-refractivity contribution is 5.94. The van der Waals surface area contributed by atoms with Gasteiger partial charge in [-0.25, -0.2) is 5.84 Å². The average molecular weight is 206 g/mol. The average Bonchev–Trinajstić information content (AvgIpc) is 2.14. The summed E-state index contributed by atoms with van der Waals surface area (Å²) in [5, 5.41) is 1.27. The van der Waals surface area contributed by atoms with Crippen LogP contribution in [0, 0.1) is 6.92 Å². The van der Waals surface area contributed by atoms with Crippen LogP contribution in [0.1, 0.15) is 36.7 Å². The summed E-state index contributed by atoms with van der Waals surface area (Å²) in [7, 11) is 0. The maximum absolute atomic E-state index is 11.9. The molecule has 1 aromatic carbocycles. The van der Waals surface area contributed by atoms with E-state index >= 15 is 0 Å². The highest BCUT2D eigenvalue weighted by Crippen LogP contribution is 2.13. The van der Waals surface area contributed by atoms with E-state index < -0.39 is 0 Å². The van der Waals surface area contributed by atoms with Crippen LogP contribution in [-0.4, -0.2) is 16.5 Å². The highest BCUT2D eigenvalue weighted by Gasteiger charge is 2.24. The molecule has 1 amide bonds. The normalized spacial score (nSPS) is 11.3. The Labute approximate surface area is 90.9 Å². The van der Waals surface area contributed by atoms with Crippen molar-refractivity contribution in [3.8, 4) is 0 Å². The van der Waals surface area contributed by atoms with Crippen molar-refractivity contribution < 1.29 is 4.79 Å². The second-order valence-electron chi connectivity index (χ2n) is 4.72. The first-order chi connectivity index (χ1) is 6.82. The zero-order chi connectivity index (χ0) is 11.6. The van der Waals surface area contributed by atoms with Crippen LogP contribution in [0.3, 0.4) is 0 Å². The minimum absolute atomic E-state index is 0.147. The summed E-state index contributed by atoms with van der Waals surface area (Å²) in [4.78, 5) is 11.9. The summed E-state index contributed by atoms with van der Waals surface area (Å²) in [6, 6.07) is 7.43. The Morgan fingerprint density at radius 3 is 2.40 bits per heavy atom. The van der Waals surface area contributed by atoms with Crippen LogP contribution in [0.2, 0.25) is 0 Å². The lowest BCUT2D eigenvalue weighted by atomic mass is 10.1. The van der Waals surface area contributed by atoms with Gasteiger partial charge in [0.1, 0.15) is 0 Å². The first kappa shape index (κ1) is 11.7. The van der Waals surface area contributed by atoms with E-state index in [9.17, 15) is 4.79 Å². The molecule has 0 fully saturated rings. The fraction of sp³-hybridized carbons (Fsp3) is 0.417. The molecule has 0 spiro atoms. The van der Waals surface area contributed by atoms with Gasteiger partial charge < -0.3 is 0 Å². The number of carbonyl (C=O) groups excluding carboxylic acids is 1. The molecule has 15 heavy (non-hydrogen) atoms. The fourth-order valence-corrected chi connectivity index (χ4v) is 1.22. The molecule has 82 valence electrons. The molecule has 0 aliphatic rings. The van der Waals surface area contributed by atoms with Crippen molar-refractivity contribution in [1.82, 2.24) is 5.01 Å². The molecule has 2 N–H and O–H groups in total. The molecule has 0 aliphatic heterocycles. The van der Waals surface area contributed by atoms with Crippen molar-refractivity contribution >= 4 is 5.91 Å². The number of nitrogens with two attached hydrogens (primary N) is 1. The number of hydrogen-bond acceptors (Lipinski definition) is 2. The fourth-order valence-electron chi connectivity index (χ4n) is 1.22. The molecule has 0 saturated heterocycles. The Bertz CT molecular complexity index is 366. The summed E-state index contributed by atoms with van der Waals surface area (Å²) in [5.41, 5.74) is 1.33. The van der Waals surface area contributed by atoms with E-state index in [4.69, 9.17) is 5.84 Å². The van der Waals surface area contributed by atoms with Gasteiger partial charge in [0.2, 0.25) is 0 Å². The van der Waals surface area contributed by atoms with Crippen LogP contribution in [0.25, 0.3) is 0 Å². The van der Waals surface area contributed by atoms with Crippen LogP contribution in [0.4, 0.5) is 0 Å². The van der Waals surface area contributed by atoms with E-state index in [1.54, 1.807) is 6.07 Å². The molecule has 0 atom stereocenters. The molecule has 0 heterocycles. The zero-order valence-corrected chi connectivity index (χ0v) is 9.74. The summed E-state index contributed by atoms with van der Waals surface area (Å²) in [5.74, 6) is 5.61.